The quantitative estimate of drug-likeness (QED) is 0.903. The highest BCUT2D eigenvalue weighted by Crippen LogP contribution is 2.20. The van der Waals surface area contributed by atoms with Crippen LogP contribution in [0.25, 0.3) is 0 Å². The zero-order chi connectivity index (χ0) is 14.7. The Kier molecular flexibility index (Phi) is 4.17. The molecule has 0 radical (unpaired) electrons. The van der Waals surface area contributed by atoms with Gasteiger partial charge in [-0.25, -0.2) is 0 Å². The van der Waals surface area contributed by atoms with Crippen LogP contribution in [0.2, 0.25) is 0 Å². The average Bonchev–Trinajstić information content (AvgIpc) is 2.46. The number of ketones is 1. The van der Waals surface area contributed by atoms with E-state index in [0.29, 0.717) is 17.7 Å². The van der Waals surface area contributed by atoms with Crippen LogP contribution in [0.1, 0.15) is 46.9 Å². The van der Waals surface area contributed by atoms with Gasteiger partial charge in [0.1, 0.15) is 0 Å². The van der Waals surface area contributed by atoms with Gasteiger partial charge in [0.2, 0.25) is 5.91 Å². The fraction of sp³-hybridized carbons (Fsp3) is 0.400. The maximum Gasteiger partial charge on any atom is 0.254 e. The molecule has 0 aromatic heterocycles. The Morgan fingerprint density at radius 2 is 1.70 bits per heavy atom. The monoisotopic (exact) mass is 274 g/mol. The van der Waals surface area contributed by atoms with Crippen molar-refractivity contribution in [2.75, 3.05) is 6.54 Å². The molecular weight excluding hydrogens is 256 g/mol. The second-order valence-corrected chi connectivity index (χ2v) is 5.06. The van der Waals surface area contributed by atoms with E-state index in [9.17, 15) is 14.4 Å². The van der Waals surface area contributed by atoms with Gasteiger partial charge in [-0.3, -0.25) is 14.4 Å². The highest BCUT2D eigenvalue weighted by atomic mass is 16.2. The summed E-state index contributed by atoms with van der Waals surface area (Å²) in [5.74, 6) is -0.670. The van der Waals surface area contributed by atoms with Gasteiger partial charge in [-0.2, -0.15) is 0 Å². The SMILES string of the molecule is CC(=O)[C@@H]1CCCCN1C(=O)c1ccc(C(N)=O)cc1. The fourth-order valence-electron chi connectivity index (χ4n) is 2.54. The molecule has 106 valence electrons. The van der Waals surface area contributed by atoms with Crippen LogP contribution in [0, 0.1) is 0 Å². The molecule has 5 nitrogen and oxygen atoms in total. The van der Waals surface area contributed by atoms with E-state index in [-0.39, 0.29) is 17.7 Å². The van der Waals surface area contributed by atoms with E-state index in [2.05, 4.69) is 0 Å². The minimum absolute atomic E-state index is 0.0202. The van der Waals surface area contributed by atoms with Crippen molar-refractivity contribution in [3.05, 3.63) is 35.4 Å². The maximum absolute atomic E-state index is 12.5. The Morgan fingerprint density at radius 1 is 1.10 bits per heavy atom. The van der Waals surface area contributed by atoms with Crippen molar-refractivity contribution in [1.29, 1.82) is 0 Å². The summed E-state index contributed by atoms with van der Waals surface area (Å²) < 4.78 is 0. The molecule has 0 spiro atoms. The molecule has 0 unspecified atom stereocenters. The predicted molar refractivity (Wildman–Crippen MR) is 74.3 cm³/mol. The van der Waals surface area contributed by atoms with Crippen LogP contribution in [0.3, 0.4) is 0 Å². The standard InChI is InChI=1S/C15H18N2O3/c1-10(18)13-4-2-3-9-17(13)15(20)12-7-5-11(6-8-12)14(16)19/h5-8,13H,2-4,9H2,1H3,(H2,16,19)/t13-/m0/s1. The molecular formula is C15H18N2O3. The van der Waals surface area contributed by atoms with Gasteiger partial charge in [-0.15, -0.1) is 0 Å². The van der Waals surface area contributed by atoms with E-state index in [0.717, 1.165) is 19.3 Å². The first-order valence-electron chi connectivity index (χ1n) is 6.72. The number of rotatable bonds is 3. The summed E-state index contributed by atoms with van der Waals surface area (Å²) in [6.45, 7) is 2.12. The summed E-state index contributed by atoms with van der Waals surface area (Å²) in [6.07, 6.45) is 2.60. The summed E-state index contributed by atoms with van der Waals surface area (Å²) in [5, 5.41) is 0. The number of amides is 2. The number of carbonyl (C=O) groups is 3. The van der Waals surface area contributed by atoms with Gasteiger partial charge in [0, 0.05) is 17.7 Å². The zero-order valence-electron chi connectivity index (χ0n) is 11.5. The Labute approximate surface area is 117 Å². The second kappa shape index (κ2) is 5.86. The molecule has 2 N–H and O–H groups in total. The van der Waals surface area contributed by atoms with Crippen LogP contribution in [-0.4, -0.2) is 35.1 Å². The first-order valence-corrected chi connectivity index (χ1v) is 6.72. The smallest absolute Gasteiger partial charge is 0.254 e. The molecule has 1 aliphatic rings. The predicted octanol–water partition coefficient (Wildman–Crippen LogP) is 1.37. The van der Waals surface area contributed by atoms with E-state index in [4.69, 9.17) is 5.73 Å². The average molecular weight is 274 g/mol. The molecule has 1 saturated heterocycles. The van der Waals surface area contributed by atoms with Crippen LogP contribution in [0.5, 0.6) is 0 Å². The van der Waals surface area contributed by atoms with Gasteiger partial charge in [0.05, 0.1) is 6.04 Å². The molecule has 20 heavy (non-hydrogen) atoms. The molecule has 0 saturated carbocycles. The third-order valence-electron chi connectivity index (χ3n) is 3.65. The van der Waals surface area contributed by atoms with Crippen molar-refractivity contribution in [2.45, 2.75) is 32.2 Å². The minimum Gasteiger partial charge on any atom is -0.366 e. The minimum atomic E-state index is -0.524. The van der Waals surface area contributed by atoms with E-state index >= 15 is 0 Å². The van der Waals surface area contributed by atoms with Crippen LogP contribution in [0.15, 0.2) is 24.3 Å². The lowest BCUT2D eigenvalue weighted by molar-refractivity contribution is -0.122. The molecule has 1 aromatic carbocycles. The molecule has 1 fully saturated rings. The van der Waals surface area contributed by atoms with Gasteiger partial charge < -0.3 is 10.6 Å². The summed E-state index contributed by atoms with van der Waals surface area (Å²) >= 11 is 0. The topological polar surface area (TPSA) is 80.5 Å². The number of nitrogens with two attached hydrogens (primary N) is 1. The Bertz CT molecular complexity index is 537. The molecule has 1 heterocycles. The summed E-state index contributed by atoms with van der Waals surface area (Å²) in [7, 11) is 0. The lowest BCUT2D eigenvalue weighted by Crippen LogP contribution is -2.47. The van der Waals surface area contributed by atoms with Gasteiger partial charge in [0.25, 0.3) is 5.91 Å². The van der Waals surface area contributed by atoms with E-state index in [1.54, 1.807) is 17.0 Å². The second-order valence-electron chi connectivity index (χ2n) is 5.06. The summed E-state index contributed by atoms with van der Waals surface area (Å²) in [6, 6.07) is 5.89. The lowest BCUT2D eigenvalue weighted by Gasteiger charge is -2.34. The Balaban J connectivity index is 2.20. The first kappa shape index (κ1) is 14.2. The Morgan fingerprint density at radius 3 is 2.25 bits per heavy atom. The normalized spacial score (nSPS) is 18.6. The highest BCUT2D eigenvalue weighted by molar-refractivity contribution is 5.99. The van der Waals surface area contributed by atoms with Crippen molar-refractivity contribution < 1.29 is 14.4 Å². The lowest BCUT2D eigenvalue weighted by atomic mass is 9.98. The van der Waals surface area contributed by atoms with Crippen molar-refractivity contribution in [3.63, 3.8) is 0 Å². The number of nitrogens with zero attached hydrogens (tertiary/aromatic N) is 1. The largest absolute Gasteiger partial charge is 0.366 e. The van der Waals surface area contributed by atoms with Crippen LogP contribution < -0.4 is 5.73 Å². The summed E-state index contributed by atoms with van der Waals surface area (Å²) in [4.78, 5) is 36.7. The van der Waals surface area contributed by atoms with E-state index in [1.165, 1.54) is 19.1 Å². The number of hydrogen-bond donors (Lipinski definition) is 1. The molecule has 1 aromatic rings. The van der Waals surface area contributed by atoms with Crippen molar-refractivity contribution >= 4 is 17.6 Å². The molecule has 2 rings (SSSR count). The van der Waals surface area contributed by atoms with Crippen molar-refractivity contribution in [1.82, 2.24) is 4.90 Å². The van der Waals surface area contributed by atoms with Crippen molar-refractivity contribution in [2.24, 2.45) is 5.73 Å². The third-order valence-corrected chi connectivity index (χ3v) is 3.65. The van der Waals surface area contributed by atoms with Gasteiger partial charge in [-0.1, -0.05) is 0 Å². The number of likely N-dealkylation sites (tertiary alicyclic amines) is 1. The molecule has 1 atom stereocenters. The fourth-order valence-corrected chi connectivity index (χ4v) is 2.54. The number of primary amides is 1. The molecule has 1 aliphatic heterocycles. The van der Waals surface area contributed by atoms with Gasteiger partial charge >= 0.3 is 0 Å². The zero-order valence-corrected chi connectivity index (χ0v) is 11.5. The van der Waals surface area contributed by atoms with Crippen molar-refractivity contribution in [3.8, 4) is 0 Å². The van der Waals surface area contributed by atoms with Crippen LogP contribution >= 0.6 is 0 Å². The van der Waals surface area contributed by atoms with Gasteiger partial charge in [0.15, 0.2) is 5.78 Å². The Hall–Kier alpha value is -2.17. The highest BCUT2D eigenvalue weighted by Gasteiger charge is 2.30. The number of hydrogen-bond acceptors (Lipinski definition) is 3. The molecule has 5 heteroatoms. The number of benzene rings is 1. The van der Waals surface area contributed by atoms with E-state index < -0.39 is 5.91 Å². The number of piperidine rings is 1. The van der Waals surface area contributed by atoms with Crippen LogP contribution in [0.4, 0.5) is 0 Å². The van der Waals surface area contributed by atoms with Crippen LogP contribution in [-0.2, 0) is 4.79 Å². The van der Waals surface area contributed by atoms with E-state index in [1.807, 2.05) is 0 Å². The number of carbonyl (C=O) groups excluding carboxylic acids is 3. The van der Waals surface area contributed by atoms with Gasteiger partial charge in [-0.05, 0) is 50.5 Å². The first-order chi connectivity index (χ1) is 9.50. The summed E-state index contributed by atoms with van der Waals surface area (Å²) in [5.41, 5.74) is 6.00. The molecule has 2 amide bonds. The molecule has 0 aliphatic carbocycles. The maximum atomic E-state index is 12.5. The third kappa shape index (κ3) is 2.87. The number of Topliss-reactive ketones (excluding diaryl/α,β-unsaturated/α-hetero) is 1. The molecule has 0 bridgehead atoms.